The highest BCUT2D eigenvalue weighted by Gasteiger charge is 2.26. The first-order chi connectivity index (χ1) is 8.61. The van der Waals surface area contributed by atoms with Crippen LogP contribution in [0.3, 0.4) is 0 Å². The maximum absolute atomic E-state index is 6.69. The van der Waals surface area contributed by atoms with E-state index in [0.29, 0.717) is 5.92 Å². The molecule has 0 bridgehead atoms. The van der Waals surface area contributed by atoms with Gasteiger partial charge >= 0.3 is 0 Å². The fraction of sp³-hybridized carbons (Fsp3) is 0.625. The lowest BCUT2D eigenvalue weighted by molar-refractivity contribution is 0.283. The fourth-order valence-corrected chi connectivity index (χ4v) is 3.41. The van der Waals surface area contributed by atoms with Gasteiger partial charge in [0, 0.05) is 0 Å². The summed E-state index contributed by atoms with van der Waals surface area (Å²) in [4.78, 5) is 0. The summed E-state index contributed by atoms with van der Waals surface area (Å²) in [5.74, 6) is 2.43. The van der Waals surface area contributed by atoms with Gasteiger partial charge in [-0.15, -0.1) is 11.6 Å². The molecule has 0 aliphatic heterocycles. The summed E-state index contributed by atoms with van der Waals surface area (Å²) in [6.45, 7) is 4.47. The lowest BCUT2D eigenvalue weighted by atomic mass is 9.79. The lowest BCUT2D eigenvalue weighted by Gasteiger charge is -2.30. The van der Waals surface area contributed by atoms with Gasteiger partial charge in [-0.25, -0.2) is 0 Å². The Balaban J connectivity index is 2.11. The van der Waals surface area contributed by atoms with Crippen molar-refractivity contribution in [3.8, 4) is 5.75 Å². The van der Waals surface area contributed by atoms with Crippen LogP contribution in [0.2, 0.25) is 0 Å². The summed E-state index contributed by atoms with van der Waals surface area (Å²) in [6, 6.07) is 6.23. The summed E-state index contributed by atoms with van der Waals surface area (Å²) in [5.41, 5.74) is 2.52. The Hall–Kier alpha value is -0.690. The first kappa shape index (κ1) is 13.7. The fourth-order valence-electron chi connectivity index (χ4n) is 2.92. The molecule has 2 rings (SSSR count). The van der Waals surface area contributed by atoms with Crippen molar-refractivity contribution in [2.75, 3.05) is 7.11 Å². The monoisotopic (exact) mass is 266 g/mol. The highest BCUT2D eigenvalue weighted by atomic mass is 35.5. The molecule has 1 saturated carbocycles. The van der Waals surface area contributed by atoms with Gasteiger partial charge in [0.15, 0.2) is 0 Å². The molecule has 1 fully saturated rings. The molecule has 1 aliphatic carbocycles. The van der Waals surface area contributed by atoms with Crippen molar-refractivity contribution in [3.05, 3.63) is 29.3 Å². The molecule has 0 N–H and O–H groups in total. The van der Waals surface area contributed by atoms with E-state index in [0.717, 1.165) is 11.7 Å². The second-order valence-electron chi connectivity index (χ2n) is 5.64. The lowest BCUT2D eigenvalue weighted by Crippen LogP contribution is -2.17. The molecule has 1 aromatic rings. The molecular formula is C16H23ClO. The molecule has 0 spiro atoms. The molecule has 0 heterocycles. The number of rotatable bonds is 3. The number of benzene rings is 1. The molecular weight excluding hydrogens is 244 g/mol. The van der Waals surface area contributed by atoms with Crippen molar-refractivity contribution in [1.29, 1.82) is 0 Å². The van der Waals surface area contributed by atoms with Crippen LogP contribution < -0.4 is 4.74 Å². The molecule has 18 heavy (non-hydrogen) atoms. The van der Waals surface area contributed by atoms with E-state index in [2.05, 4.69) is 26.0 Å². The first-order valence-electron chi connectivity index (χ1n) is 6.90. The topological polar surface area (TPSA) is 9.23 Å². The smallest absolute Gasteiger partial charge is 0.119 e. The molecule has 0 saturated heterocycles. The maximum atomic E-state index is 6.69. The summed E-state index contributed by atoms with van der Waals surface area (Å²) >= 11 is 6.69. The van der Waals surface area contributed by atoms with Gasteiger partial charge in [-0.1, -0.05) is 25.8 Å². The van der Waals surface area contributed by atoms with Crippen LogP contribution in [0.5, 0.6) is 5.75 Å². The van der Waals surface area contributed by atoms with Gasteiger partial charge in [0.2, 0.25) is 0 Å². The van der Waals surface area contributed by atoms with Crippen LogP contribution in [0.1, 0.15) is 49.1 Å². The number of alkyl halides is 1. The van der Waals surface area contributed by atoms with Gasteiger partial charge in [-0.05, 0) is 54.9 Å². The van der Waals surface area contributed by atoms with Gasteiger partial charge in [-0.3, -0.25) is 0 Å². The van der Waals surface area contributed by atoms with Crippen LogP contribution in [0.25, 0.3) is 0 Å². The Morgan fingerprint density at radius 2 is 1.89 bits per heavy atom. The molecule has 2 heteroatoms. The van der Waals surface area contributed by atoms with Crippen molar-refractivity contribution in [3.63, 3.8) is 0 Å². The minimum Gasteiger partial charge on any atom is -0.497 e. The third kappa shape index (κ3) is 3.00. The quantitative estimate of drug-likeness (QED) is 0.691. The van der Waals surface area contributed by atoms with Gasteiger partial charge < -0.3 is 4.74 Å². The average molecular weight is 267 g/mol. The number of hydrogen-bond acceptors (Lipinski definition) is 1. The Labute approximate surface area is 115 Å². The van der Waals surface area contributed by atoms with E-state index in [9.17, 15) is 0 Å². The highest BCUT2D eigenvalue weighted by Crippen LogP contribution is 2.41. The SMILES string of the molecule is COc1ccc(C(Cl)C2CCC(C)CC2)c(C)c1. The van der Waals surface area contributed by atoms with Crippen molar-refractivity contribution < 1.29 is 4.74 Å². The van der Waals surface area contributed by atoms with E-state index in [1.165, 1.54) is 36.8 Å². The normalized spacial score (nSPS) is 25.8. The summed E-state index contributed by atoms with van der Waals surface area (Å²) in [7, 11) is 1.70. The molecule has 1 nitrogen and oxygen atoms in total. The third-order valence-electron chi connectivity index (χ3n) is 4.25. The summed E-state index contributed by atoms with van der Waals surface area (Å²) in [6.07, 6.45) is 5.17. The molecule has 1 unspecified atom stereocenters. The Kier molecular flexibility index (Phi) is 4.55. The zero-order valence-electron chi connectivity index (χ0n) is 11.6. The number of halogens is 1. The Morgan fingerprint density at radius 1 is 1.22 bits per heavy atom. The predicted molar refractivity (Wildman–Crippen MR) is 77.4 cm³/mol. The molecule has 1 aromatic carbocycles. The third-order valence-corrected chi connectivity index (χ3v) is 4.84. The Bertz CT molecular complexity index is 394. The predicted octanol–water partition coefficient (Wildman–Crippen LogP) is 5.11. The Morgan fingerprint density at radius 3 is 2.44 bits per heavy atom. The van der Waals surface area contributed by atoms with Crippen LogP contribution in [0, 0.1) is 18.8 Å². The number of aryl methyl sites for hydroxylation is 1. The van der Waals surface area contributed by atoms with Gasteiger partial charge in [0.05, 0.1) is 12.5 Å². The van der Waals surface area contributed by atoms with E-state index in [1.54, 1.807) is 7.11 Å². The first-order valence-corrected chi connectivity index (χ1v) is 7.34. The average Bonchev–Trinajstić information content (AvgIpc) is 2.38. The van der Waals surface area contributed by atoms with E-state index < -0.39 is 0 Å². The zero-order chi connectivity index (χ0) is 13.1. The molecule has 0 amide bonds. The van der Waals surface area contributed by atoms with Crippen molar-refractivity contribution >= 4 is 11.6 Å². The zero-order valence-corrected chi connectivity index (χ0v) is 12.3. The van der Waals surface area contributed by atoms with Crippen LogP contribution in [-0.2, 0) is 0 Å². The van der Waals surface area contributed by atoms with Crippen molar-refractivity contribution in [1.82, 2.24) is 0 Å². The van der Waals surface area contributed by atoms with E-state index >= 15 is 0 Å². The second kappa shape index (κ2) is 5.97. The van der Waals surface area contributed by atoms with E-state index in [-0.39, 0.29) is 5.38 Å². The molecule has 1 atom stereocenters. The second-order valence-corrected chi connectivity index (χ2v) is 6.11. The molecule has 1 aliphatic rings. The maximum Gasteiger partial charge on any atom is 0.119 e. The molecule has 0 radical (unpaired) electrons. The van der Waals surface area contributed by atoms with E-state index in [1.807, 2.05) is 6.07 Å². The van der Waals surface area contributed by atoms with Gasteiger partial charge in [0.1, 0.15) is 5.75 Å². The van der Waals surface area contributed by atoms with Crippen LogP contribution in [-0.4, -0.2) is 7.11 Å². The number of hydrogen-bond donors (Lipinski definition) is 0. The van der Waals surface area contributed by atoms with Crippen molar-refractivity contribution in [2.45, 2.75) is 44.9 Å². The van der Waals surface area contributed by atoms with Crippen molar-refractivity contribution in [2.24, 2.45) is 11.8 Å². The summed E-state index contributed by atoms with van der Waals surface area (Å²) in [5, 5.41) is 0.156. The van der Waals surface area contributed by atoms with E-state index in [4.69, 9.17) is 16.3 Å². The van der Waals surface area contributed by atoms with Gasteiger partial charge in [0.25, 0.3) is 0 Å². The minimum absolute atomic E-state index is 0.156. The minimum atomic E-state index is 0.156. The van der Waals surface area contributed by atoms with Crippen LogP contribution in [0.15, 0.2) is 18.2 Å². The number of methoxy groups -OCH3 is 1. The highest BCUT2D eigenvalue weighted by molar-refractivity contribution is 6.21. The van der Waals surface area contributed by atoms with Gasteiger partial charge in [-0.2, -0.15) is 0 Å². The largest absolute Gasteiger partial charge is 0.497 e. The number of ether oxygens (including phenoxy) is 1. The van der Waals surface area contributed by atoms with Crippen LogP contribution in [0.4, 0.5) is 0 Å². The standard InChI is InChI=1S/C16H23ClO/c1-11-4-6-13(7-5-11)16(17)15-9-8-14(18-3)10-12(15)2/h8-11,13,16H,4-7H2,1-3H3. The molecule has 0 aromatic heterocycles. The molecule has 100 valence electrons. The summed E-state index contributed by atoms with van der Waals surface area (Å²) < 4.78 is 5.25. The van der Waals surface area contributed by atoms with Crippen LogP contribution >= 0.6 is 11.6 Å².